The van der Waals surface area contributed by atoms with Crippen LogP contribution < -0.4 is 18.6 Å². The standard InChI is InChI=1S/C63H74O4Si/c1-10-14-19-44(12-3)41-64-54-32-34-58-59(39-54)61(51-25-23-49-37-53(29-27-47(49)35-51)66-43-46-21-17-16-18-22-46)57-33-31-55(65-42-45(13-4)20-15-11-2)40-60(57)62(58)52-26-24-50-38-56(30-28-48(50)36-52)67-68(8,9)63(5,6)7/h16-18,21-40,44-45H,10-15,19-20,41-43H2,1-9H3. The van der Waals surface area contributed by atoms with Gasteiger partial charge in [0.05, 0.1) is 13.2 Å². The zero-order chi connectivity index (χ0) is 47.8. The molecule has 8 rings (SSSR count). The van der Waals surface area contributed by atoms with Gasteiger partial charge in [0.1, 0.15) is 29.6 Å². The van der Waals surface area contributed by atoms with Crippen molar-refractivity contribution >= 4 is 51.4 Å². The molecule has 0 radical (unpaired) electrons. The number of fused-ring (bicyclic) bond motifs is 4. The van der Waals surface area contributed by atoms with E-state index in [1.165, 1.54) is 87.5 Å². The fourth-order valence-electron chi connectivity index (χ4n) is 9.31. The summed E-state index contributed by atoms with van der Waals surface area (Å²) in [6, 6.07) is 50.8. The molecule has 0 bridgehead atoms. The summed E-state index contributed by atoms with van der Waals surface area (Å²) in [6.07, 6.45) is 9.44. The van der Waals surface area contributed by atoms with E-state index in [0.29, 0.717) is 31.7 Å². The molecule has 0 heterocycles. The van der Waals surface area contributed by atoms with E-state index in [1.807, 2.05) is 6.07 Å². The predicted octanol–water partition coefficient (Wildman–Crippen LogP) is 18.8. The van der Waals surface area contributed by atoms with Crippen molar-refractivity contribution in [2.45, 2.75) is 125 Å². The van der Waals surface area contributed by atoms with Gasteiger partial charge in [0.25, 0.3) is 0 Å². The van der Waals surface area contributed by atoms with Gasteiger partial charge in [-0.2, -0.15) is 0 Å². The number of benzene rings is 8. The average Bonchev–Trinajstić information content (AvgIpc) is 3.34. The molecule has 8 aromatic carbocycles. The van der Waals surface area contributed by atoms with Gasteiger partial charge in [0.15, 0.2) is 0 Å². The quantitative estimate of drug-likeness (QED) is 0.0531. The van der Waals surface area contributed by atoms with Crippen LogP contribution in [0, 0.1) is 11.8 Å². The van der Waals surface area contributed by atoms with Gasteiger partial charge < -0.3 is 18.6 Å². The minimum Gasteiger partial charge on any atom is -0.543 e. The molecule has 8 aromatic rings. The Bertz CT molecular complexity index is 2960. The fraction of sp³-hybridized carbons (Fsp3) is 0.365. The molecule has 0 aliphatic heterocycles. The Morgan fingerprint density at radius 2 is 0.897 bits per heavy atom. The molecule has 4 nitrogen and oxygen atoms in total. The number of unbranched alkanes of at least 4 members (excludes halogenated alkanes) is 2. The smallest absolute Gasteiger partial charge is 0.250 e. The van der Waals surface area contributed by atoms with Crippen LogP contribution in [0.3, 0.4) is 0 Å². The van der Waals surface area contributed by atoms with Crippen LogP contribution in [0.1, 0.15) is 105 Å². The molecule has 5 heteroatoms. The largest absolute Gasteiger partial charge is 0.543 e. The monoisotopic (exact) mass is 923 g/mol. The van der Waals surface area contributed by atoms with Crippen LogP contribution in [-0.4, -0.2) is 21.5 Å². The molecule has 0 aliphatic carbocycles. The van der Waals surface area contributed by atoms with Crippen molar-refractivity contribution in [3.05, 3.63) is 145 Å². The first-order chi connectivity index (χ1) is 32.9. The van der Waals surface area contributed by atoms with E-state index in [2.05, 4.69) is 195 Å². The maximum atomic E-state index is 6.78. The summed E-state index contributed by atoms with van der Waals surface area (Å²) in [4.78, 5) is 0. The van der Waals surface area contributed by atoms with E-state index in [4.69, 9.17) is 18.6 Å². The minimum atomic E-state index is -2.01. The highest BCUT2D eigenvalue weighted by atomic mass is 28.4. The highest BCUT2D eigenvalue weighted by Gasteiger charge is 2.39. The Hall–Kier alpha value is -5.78. The number of hydrogen-bond acceptors (Lipinski definition) is 4. The van der Waals surface area contributed by atoms with Crippen molar-refractivity contribution in [1.29, 1.82) is 0 Å². The summed E-state index contributed by atoms with van der Waals surface area (Å²) in [7, 11) is -2.01. The SMILES string of the molecule is CCCCC(CC)COc1ccc2c(-c3ccc4cc(O[Si](C)(C)C(C)(C)C)ccc4c3)c3cc(OCC(CC)CCCC)ccc3c(-c3ccc4cc(OCc5ccccc5)ccc4c3)c2c1. The topological polar surface area (TPSA) is 36.9 Å². The molecular weight excluding hydrogens is 849 g/mol. The lowest BCUT2D eigenvalue weighted by Crippen LogP contribution is -2.43. The Morgan fingerprint density at radius 1 is 0.456 bits per heavy atom. The normalized spacial score (nSPS) is 13.0. The lowest BCUT2D eigenvalue weighted by molar-refractivity contribution is 0.233. The Morgan fingerprint density at radius 3 is 1.38 bits per heavy atom. The second kappa shape index (κ2) is 21.7. The van der Waals surface area contributed by atoms with E-state index in [0.717, 1.165) is 57.7 Å². The number of hydrogen-bond donors (Lipinski definition) is 0. The fourth-order valence-corrected chi connectivity index (χ4v) is 10.3. The molecule has 0 fully saturated rings. The molecule has 2 atom stereocenters. The molecular formula is C63H74O4Si. The second-order valence-electron chi connectivity index (χ2n) is 20.7. The van der Waals surface area contributed by atoms with Gasteiger partial charge in [-0.15, -0.1) is 0 Å². The molecule has 0 amide bonds. The number of rotatable bonds is 21. The van der Waals surface area contributed by atoms with Crippen molar-refractivity contribution in [1.82, 2.24) is 0 Å². The molecule has 0 aromatic heterocycles. The third kappa shape index (κ3) is 11.2. The van der Waals surface area contributed by atoms with Crippen LogP contribution in [-0.2, 0) is 6.61 Å². The van der Waals surface area contributed by atoms with Gasteiger partial charge in [0, 0.05) is 0 Å². The van der Waals surface area contributed by atoms with Gasteiger partial charge in [-0.25, -0.2) is 0 Å². The highest BCUT2D eigenvalue weighted by molar-refractivity contribution is 6.74. The van der Waals surface area contributed by atoms with Crippen molar-refractivity contribution < 1.29 is 18.6 Å². The van der Waals surface area contributed by atoms with E-state index in [1.54, 1.807) is 0 Å². The zero-order valence-corrected chi connectivity index (χ0v) is 43.3. The maximum Gasteiger partial charge on any atom is 0.250 e. The summed E-state index contributed by atoms with van der Waals surface area (Å²) in [5.74, 6) is 4.68. The molecule has 2 unspecified atom stereocenters. The molecule has 0 spiro atoms. The highest BCUT2D eigenvalue weighted by Crippen LogP contribution is 2.47. The van der Waals surface area contributed by atoms with Crippen molar-refractivity contribution in [2.75, 3.05) is 13.2 Å². The van der Waals surface area contributed by atoms with Crippen LogP contribution in [0.5, 0.6) is 23.0 Å². The van der Waals surface area contributed by atoms with Gasteiger partial charge in [-0.3, -0.25) is 0 Å². The summed E-state index contributed by atoms with van der Waals surface area (Å²) < 4.78 is 26.5. The van der Waals surface area contributed by atoms with Crippen molar-refractivity contribution in [3.63, 3.8) is 0 Å². The molecule has 68 heavy (non-hydrogen) atoms. The van der Waals surface area contributed by atoms with Gasteiger partial charge in [-0.1, -0.05) is 166 Å². The van der Waals surface area contributed by atoms with Crippen molar-refractivity contribution in [3.8, 4) is 45.3 Å². The molecule has 0 N–H and O–H groups in total. The summed E-state index contributed by atoms with van der Waals surface area (Å²) in [6.45, 7) is 22.6. The molecule has 0 saturated carbocycles. The maximum absolute atomic E-state index is 6.78. The summed E-state index contributed by atoms with van der Waals surface area (Å²) in [5, 5.41) is 9.49. The van der Waals surface area contributed by atoms with Crippen LogP contribution in [0.2, 0.25) is 18.1 Å². The van der Waals surface area contributed by atoms with Crippen LogP contribution in [0.25, 0.3) is 65.3 Å². The molecule has 354 valence electrons. The Kier molecular flexibility index (Phi) is 15.5. The number of ether oxygens (including phenoxy) is 3. The summed E-state index contributed by atoms with van der Waals surface area (Å²) in [5.41, 5.74) is 5.88. The predicted molar refractivity (Wildman–Crippen MR) is 294 cm³/mol. The lowest BCUT2D eigenvalue weighted by Gasteiger charge is -2.36. The lowest BCUT2D eigenvalue weighted by atomic mass is 9.85. The van der Waals surface area contributed by atoms with Crippen molar-refractivity contribution in [2.24, 2.45) is 11.8 Å². The van der Waals surface area contributed by atoms with E-state index < -0.39 is 8.32 Å². The van der Waals surface area contributed by atoms with E-state index in [-0.39, 0.29) is 5.04 Å². The van der Waals surface area contributed by atoms with E-state index >= 15 is 0 Å². The Balaban J connectivity index is 1.29. The first-order valence-electron chi connectivity index (χ1n) is 25.6. The van der Waals surface area contributed by atoms with E-state index in [9.17, 15) is 0 Å². The third-order valence-corrected chi connectivity index (χ3v) is 19.1. The first kappa shape index (κ1) is 48.7. The van der Waals surface area contributed by atoms with Crippen LogP contribution >= 0.6 is 0 Å². The first-order valence-corrected chi connectivity index (χ1v) is 28.5. The van der Waals surface area contributed by atoms with Crippen LogP contribution in [0.15, 0.2) is 140 Å². The Labute approximate surface area is 408 Å². The molecule has 0 saturated heterocycles. The minimum absolute atomic E-state index is 0.112. The average molecular weight is 923 g/mol. The third-order valence-electron chi connectivity index (χ3n) is 14.7. The molecule has 0 aliphatic rings. The van der Waals surface area contributed by atoms with Gasteiger partial charge in [0.2, 0.25) is 8.32 Å². The zero-order valence-electron chi connectivity index (χ0n) is 42.3. The summed E-state index contributed by atoms with van der Waals surface area (Å²) >= 11 is 0. The van der Waals surface area contributed by atoms with Gasteiger partial charge >= 0.3 is 0 Å². The van der Waals surface area contributed by atoms with Gasteiger partial charge in [-0.05, 0) is 174 Å². The van der Waals surface area contributed by atoms with Crippen LogP contribution in [0.4, 0.5) is 0 Å². The second-order valence-corrected chi connectivity index (χ2v) is 25.4.